The van der Waals surface area contributed by atoms with E-state index in [0.29, 0.717) is 0 Å². The lowest BCUT2D eigenvalue weighted by molar-refractivity contribution is 0.545. The third kappa shape index (κ3) is 2.36. The van der Waals surface area contributed by atoms with Crippen molar-refractivity contribution in [3.05, 3.63) is 57.3 Å². The molecule has 0 radical (unpaired) electrons. The van der Waals surface area contributed by atoms with Crippen LogP contribution in [0.15, 0.2) is 29.0 Å². The van der Waals surface area contributed by atoms with Gasteiger partial charge in [0.1, 0.15) is 11.6 Å². The standard InChI is InChI=1S/C12H12F2N2S/c1-7-5-17-6-10(7)12(16-15)9-4-8(13)2-3-11(9)14/h2-6,12,16H,15H2,1H3. The molecule has 17 heavy (non-hydrogen) atoms. The summed E-state index contributed by atoms with van der Waals surface area (Å²) in [5, 5.41) is 3.82. The SMILES string of the molecule is Cc1cscc1C(NN)c1cc(F)ccc1F. The van der Waals surface area contributed by atoms with Crippen LogP contribution < -0.4 is 11.3 Å². The van der Waals surface area contributed by atoms with Gasteiger partial charge >= 0.3 is 0 Å². The third-order valence-electron chi connectivity index (χ3n) is 2.64. The first-order valence-electron chi connectivity index (χ1n) is 5.07. The van der Waals surface area contributed by atoms with Gasteiger partial charge in [0.05, 0.1) is 6.04 Å². The molecule has 0 saturated carbocycles. The van der Waals surface area contributed by atoms with Crippen LogP contribution in [0.5, 0.6) is 0 Å². The number of benzene rings is 1. The first-order valence-corrected chi connectivity index (χ1v) is 6.01. The molecule has 1 heterocycles. The van der Waals surface area contributed by atoms with E-state index in [1.807, 2.05) is 17.7 Å². The maximum absolute atomic E-state index is 13.7. The van der Waals surface area contributed by atoms with Gasteiger partial charge in [0.2, 0.25) is 0 Å². The second-order valence-electron chi connectivity index (χ2n) is 3.78. The largest absolute Gasteiger partial charge is 0.271 e. The average molecular weight is 254 g/mol. The molecule has 0 saturated heterocycles. The van der Waals surface area contributed by atoms with E-state index in [4.69, 9.17) is 5.84 Å². The minimum atomic E-state index is -0.531. The topological polar surface area (TPSA) is 38.0 Å². The van der Waals surface area contributed by atoms with Crippen LogP contribution in [0.25, 0.3) is 0 Å². The Hall–Kier alpha value is -1.30. The third-order valence-corrected chi connectivity index (χ3v) is 3.52. The van der Waals surface area contributed by atoms with E-state index in [1.165, 1.54) is 11.3 Å². The molecular formula is C12H12F2N2S. The van der Waals surface area contributed by atoms with E-state index in [2.05, 4.69) is 5.43 Å². The van der Waals surface area contributed by atoms with Crippen LogP contribution in [-0.4, -0.2) is 0 Å². The Labute approximate surface area is 102 Å². The van der Waals surface area contributed by atoms with E-state index < -0.39 is 17.7 Å². The normalized spacial score (nSPS) is 12.7. The minimum absolute atomic E-state index is 0.217. The molecule has 0 amide bonds. The minimum Gasteiger partial charge on any atom is -0.271 e. The molecule has 2 nitrogen and oxygen atoms in total. The molecule has 0 aliphatic rings. The molecule has 1 unspecified atom stereocenters. The fourth-order valence-corrected chi connectivity index (χ4v) is 2.63. The second-order valence-corrected chi connectivity index (χ2v) is 4.52. The molecule has 1 aromatic carbocycles. The molecule has 1 aromatic heterocycles. The van der Waals surface area contributed by atoms with Gasteiger partial charge in [-0.1, -0.05) is 0 Å². The van der Waals surface area contributed by atoms with Crippen molar-refractivity contribution in [3.63, 3.8) is 0 Å². The zero-order chi connectivity index (χ0) is 12.4. The highest BCUT2D eigenvalue weighted by Gasteiger charge is 2.19. The van der Waals surface area contributed by atoms with Crippen molar-refractivity contribution < 1.29 is 8.78 Å². The zero-order valence-electron chi connectivity index (χ0n) is 9.21. The summed E-state index contributed by atoms with van der Waals surface area (Å²) in [6.07, 6.45) is 0. The molecule has 1 atom stereocenters. The Kier molecular flexibility index (Phi) is 3.51. The summed E-state index contributed by atoms with van der Waals surface area (Å²) in [6.45, 7) is 1.91. The van der Waals surface area contributed by atoms with E-state index in [-0.39, 0.29) is 5.56 Å². The van der Waals surface area contributed by atoms with Gasteiger partial charge < -0.3 is 0 Å². The number of hydrogen-bond donors (Lipinski definition) is 2. The number of thiophene rings is 1. The Morgan fingerprint density at radius 3 is 2.59 bits per heavy atom. The number of hydrazine groups is 1. The van der Waals surface area contributed by atoms with E-state index in [9.17, 15) is 8.78 Å². The van der Waals surface area contributed by atoms with Crippen LogP contribution in [0.4, 0.5) is 8.78 Å². The van der Waals surface area contributed by atoms with Crippen molar-refractivity contribution in [1.82, 2.24) is 5.43 Å². The van der Waals surface area contributed by atoms with Gasteiger partial charge in [-0.15, -0.1) is 0 Å². The van der Waals surface area contributed by atoms with Gasteiger partial charge in [-0.05, 0) is 47.0 Å². The van der Waals surface area contributed by atoms with Gasteiger partial charge in [0, 0.05) is 5.56 Å². The molecular weight excluding hydrogens is 242 g/mol. The van der Waals surface area contributed by atoms with Crippen molar-refractivity contribution >= 4 is 11.3 Å². The number of rotatable bonds is 3. The summed E-state index contributed by atoms with van der Waals surface area (Å²) < 4.78 is 26.8. The molecule has 0 spiro atoms. The van der Waals surface area contributed by atoms with Crippen molar-refractivity contribution in [3.8, 4) is 0 Å². The van der Waals surface area contributed by atoms with Gasteiger partial charge in [0.15, 0.2) is 0 Å². The number of nitrogens with one attached hydrogen (secondary N) is 1. The molecule has 0 aliphatic carbocycles. The number of aryl methyl sites for hydroxylation is 1. The lowest BCUT2D eigenvalue weighted by Gasteiger charge is -2.17. The lowest BCUT2D eigenvalue weighted by atomic mass is 9.98. The monoisotopic (exact) mass is 254 g/mol. The second kappa shape index (κ2) is 4.91. The van der Waals surface area contributed by atoms with E-state index >= 15 is 0 Å². The molecule has 5 heteroatoms. The van der Waals surface area contributed by atoms with Crippen LogP contribution in [0, 0.1) is 18.6 Å². The lowest BCUT2D eigenvalue weighted by Crippen LogP contribution is -2.29. The van der Waals surface area contributed by atoms with Crippen LogP contribution in [0.3, 0.4) is 0 Å². The molecule has 2 aromatic rings. The van der Waals surface area contributed by atoms with Gasteiger partial charge in [0.25, 0.3) is 0 Å². The molecule has 3 N–H and O–H groups in total. The van der Waals surface area contributed by atoms with Gasteiger partial charge in [-0.25, -0.2) is 14.2 Å². The Morgan fingerprint density at radius 2 is 2.00 bits per heavy atom. The van der Waals surface area contributed by atoms with Gasteiger partial charge in [-0.3, -0.25) is 5.84 Å². The van der Waals surface area contributed by atoms with Crippen molar-refractivity contribution in [2.24, 2.45) is 5.84 Å². The number of nitrogens with two attached hydrogens (primary N) is 1. The van der Waals surface area contributed by atoms with Crippen LogP contribution in [-0.2, 0) is 0 Å². The van der Waals surface area contributed by atoms with Crippen molar-refractivity contribution in [1.29, 1.82) is 0 Å². The molecule has 0 fully saturated rings. The first kappa shape index (κ1) is 12.2. The zero-order valence-corrected chi connectivity index (χ0v) is 10.0. The highest BCUT2D eigenvalue weighted by Crippen LogP contribution is 2.28. The van der Waals surface area contributed by atoms with Crippen LogP contribution in [0.2, 0.25) is 0 Å². The van der Waals surface area contributed by atoms with E-state index in [0.717, 1.165) is 29.3 Å². The molecule has 0 bridgehead atoms. The maximum atomic E-state index is 13.7. The fourth-order valence-electron chi connectivity index (χ4n) is 1.75. The Morgan fingerprint density at radius 1 is 1.24 bits per heavy atom. The average Bonchev–Trinajstić information content (AvgIpc) is 2.71. The smallest absolute Gasteiger partial charge is 0.128 e. The highest BCUT2D eigenvalue weighted by molar-refractivity contribution is 7.08. The summed E-state index contributed by atoms with van der Waals surface area (Å²) in [6, 6.07) is 2.83. The summed E-state index contributed by atoms with van der Waals surface area (Å²) in [5.41, 5.74) is 4.61. The van der Waals surface area contributed by atoms with Crippen LogP contribution >= 0.6 is 11.3 Å². The number of halogens is 2. The Bertz CT molecular complexity index is 525. The quantitative estimate of drug-likeness (QED) is 0.653. The van der Waals surface area contributed by atoms with Crippen molar-refractivity contribution in [2.45, 2.75) is 13.0 Å². The molecule has 2 rings (SSSR count). The fraction of sp³-hybridized carbons (Fsp3) is 0.167. The predicted molar refractivity (Wildman–Crippen MR) is 64.6 cm³/mol. The summed E-state index contributed by atoms with van der Waals surface area (Å²) >= 11 is 1.50. The highest BCUT2D eigenvalue weighted by atomic mass is 32.1. The Balaban J connectivity index is 2.49. The van der Waals surface area contributed by atoms with E-state index in [1.54, 1.807) is 0 Å². The maximum Gasteiger partial charge on any atom is 0.128 e. The van der Waals surface area contributed by atoms with Crippen LogP contribution in [0.1, 0.15) is 22.7 Å². The molecule has 90 valence electrons. The first-order chi connectivity index (χ1) is 8.13. The summed E-state index contributed by atoms with van der Waals surface area (Å²) in [5.74, 6) is 4.50. The predicted octanol–water partition coefficient (Wildman–Crippen LogP) is 2.89. The van der Waals surface area contributed by atoms with Gasteiger partial charge in [-0.2, -0.15) is 11.3 Å². The van der Waals surface area contributed by atoms with Crippen molar-refractivity contribution in [2.75, 3.05) is 0 Å². The summed E-state index contributed by atoms with van der Waals surface area (Å²) in [7, 11) is 0. The molecule has 0 aliphatic heterocycles. The number of hydrogen-bond acceptors (Lipinski definition) is 3. The summed E-state index contributed by atoms with van der Waals surface area (Å²) in [4.78, 5) is 0.